The molecule has 3 aromatic rings. The summed E-state index contributed by atoms with van der Waals surface area (Å²) >= 11 is 1.03. The third-order valence-corrected chi connectivity index (χ3v) is 5.85. The number of aromatic nitrogens is 1. The van der Waals surface area contributed by atoms with Gasteiger partial charge in [0, 0.05) is 11.1 Å². The number of nitrogens with zero attached hydrogens (tertiary/aromatic N) is 1. The normalized spacial score (nSPS) is 11.0. The van der Waals surface area contributed by atoms with E-state index in [9.17, 15) is 13.2 Å². The van der Waals surface area contributed by atoms with Crippen molar-refractivity contribution in [1.29, 1.82) is 0 Å². The first kappa shape index (κ1) is 18.9. The van der Waals surface area contributed by atoms with Crippen molar-refractivity contribution in [3.05, 3.63) is 65.2 Å². The number of ether oxygens (including phenoxy) is 1. The number of methoxy groups -OCH3 is 1. The number of carbonyl (C=O) groups excluding carboxylic acids is 1. The van der Waals surface area contributed by atoms with Gasteiger partial charge in [-0.1, -0.05) is 12.1 Å². The Morgan fingerprint density at radius 1 is 1.15 bits per heavy atom. The van der Waals surface area contributed by atoms with Crippen LogP contribution in [-0.4, -0.2) is 26.4 Å². The van der Waals surface area contributed by atoms with Crippen LogP contribution in [0.3, 0.4) is 0 Å². The zero-order valence-corrected chi connectivity index (χ0v) is 16.2. The average Bonchev–Trinajstić information content (AvgIpc) is 3.10. The van der Waals surface area contributed by atoms with Crippen molar-refractivity contribution >= 4 is 38.1 Å². The molecule has 0 unspecified atom stereocenters. The average molecular weight is 403 g/mol. The van der Waals surface area contributed by atoms with Crippen LogP contribution < -0.4 is 14.8 Å². The summed E-state index contributed by atoms with van der Waals surface area (Å²) in [5.74, 6) is 0.144. The fraction of sp³-hybridized carbons (Fsp3) is 0.111. The lowest BCUT2D eigenvalue weighted by Gasteiger charge is -2.06. The topological polar surface area (TPSA) is 97.4 Å². The van der Waals surface area contributed by atoms with Gasteiger partial charge in [0.2, 0.25) is 0 Å². The van der Waals surface area contributed by atoms with Crippen molar-refractivity contribution in [1.82, 2.24) is 4.98 Å². The molecule has 0 aliphatic carbocycles. The van der Waals surface area contributed by atoms with Gasteiger partial charge in [-0.15, -0.1) is 11.3 Å². The van der Waals surface area contributed by atoms with Crippen LogP contribution in [0.5, 0.6) is 5.75 Å². The predicted molar refractivity (Wildman–Crippen MR) is 105 cm³/mol. The molecule has 0 aliphatic heterocycles. The third-order valence-electron chi connectivity index (χ3n) is 3.60. The number of amides is 1. The fourth-order valence-corrected chi connectivity index (χ4v) is 4.22. The molecule has 0 radical (unpaired) electrons. The molecule has 1 aromatic heterocycles. The van der Waals surface area contributed by atoms with Crippen LogP contribution in [0, 0.1) is 6.92 Å². The molecule has 3 rings (SSSR count). The number of anilines is 2. The van der Waals surface area contributed by atoms with Gasteiger partial charge in [-0.2, -0.15) is 0 Å². The first-order chi connectivity index (χ1) is 12.9. The molecule has 0 atom stereocenters. The highest BCUT2D eigenvalue weighted by atomic mass is 32.2. The van der Waals surface area contributed by atoms with Crippen LogP contribution in [0.1, 0.15) is 16.1 Å². The molecule has 140 valence electrons. The second kappa shape index (κ2) is 7.77. The van der Waals surface area contributed by atoms with Crippen molar-refractivity contribution in [3.8, 4) is 5.75 Å². The van der Waals surface area contributed by atoms with Gasteiger partial charge in [0.05, 0.1) is 12.0 Å². The number of hydrogen-bond acceptors (Lipinski definition) is 6. The maximum absolute atomic E-state index is 12.4. The Kier molecular flexibility index (Phi) is 5.43. The number of aryl methyl sites for hydroxylation is 1. The molecular weight excluding hydrogens is 386 g/mol. The summed E-state index contributed by atoms with van der Waals surface area (Å²) < 4.78 is 32.2. The van der Waals surface area contributed by atoms with E-state index in [2.05, 4.69) is 15.0 Å². The Hall–Kier alpha value is -2.91. The Morgan fingerprint density at radius 3 is 2.56 bits per heavy atom. The van der Waals surface area contributed by atoms with Crippen molar-refractivity contribution in [2.45, 2.75) is 11.8 Å². The lowest BCUT2D eigenvalue weighted by Crippen LogP contribution is -2.14. The number of carbonyl (C=O) groups is 1. The Labute approximate surface area is 161 Å². The Bertz CT molecular complexity index is 1060. The molecule has 1 amide bonds. The summed E-state index contributed by atoms with van der Waals surface area (Å²) in [4.78, 5) is 16.4. The van der Waals surface area contributed by atoms with E-state index in [4.69, 9.17) is 4.74 Å². The molecule has 0 aliphatic rings. The van der Waals surface area contributed by atoms with Crippen molar-refractivity contribution in [2.24, 2.45) is 0 Å². The molecule has 0 spiro atoms. The molecule has 27 heavy (non-hydrogen) atoms. The van der Waals surface area contributed by atoms with Crippen LogP contribution in [0.4, 0.5) is 10.8 Å². The van der Waals surface area contributed by atoms with Crippen LogP contribution >= 0.6 is 11.3 Å². The van der Waals surface area contributed by atoms with Gasteiger partial charge in [-0.25, -0.2) is 13.4 Å². The van der Waals surface area contributed by atoms with Gasteiger partial charge >= 0.3 is 0 Å². The van der Waals surface area contributed by atoms with E-state index in [0.29, 0.717) is 11.4 Å². The van der Waals surface area contributed by atoms with Gasteiger partial charge in [-0.05, 0) is 48.9 Å². The van der Waals surface area contributed by atoms with Gasteiger partial charge in [0.1, 0.15) is 11.4 Å². The van der Waals surface area contributed by atoms with Gasteiger partial charge in [0.25, 0.3) is 15.9 Å². The van der Waals surface area contributed by atoms with Crippen LogP contribution in [0.15, 0.2) is 58.8 Å². The summed E-state index contributed by atoms with van der Waals surface area (Å²) in [6.07, 6.45) is 0. The van der Waals surface area contributed by atoms with E-state index in [1.165, 1.54) is 24.6 Å². The quantitative estimate of drug-likeness (QED) is 0.656. The first-order valence-corrected chi connectivity index (χ1v) is 10.2. The zero-order valence-electron chi connectivity index (χ0n) is 14.6. The second-order valence-corrected chi connectivity index (χ2v) is 8.18. The third kappa shape index (κ3) is 4.63. The molecule has 1 heterocycles. The van der Waals surface area contributed by atoms with E-state index >= 15 is 0 Å². The maximum atomic E-state index is 12.4. The number of sulfonamides is 1. The largest absolute Gasteiger partial charge is 0.497 e. The second-order valence-electron chi connectivity index (χ2n) is 5.64. The molecule has 0 saturated carbocycles. The number of nitrogens with one attached hydrogen (secondary N) is 2. The van der Waals surface area contributed by atoms with Crippen LogP contribution in [-0.2, 0) is 10.0 Å². The smallest absolute Gasteiger partial charge is 0.275 e. The lowest BCUT2D eigenvalue weighted by molar-refractivity contribution is 0.102. The molecule has 2 aromatic carbocycles. The van der Waals surface area contributed by atoms with Gasteiger partial charge in [-0.3, -0.25) is 9.52 Å². The summed E-state index contributed by atoms with van der Waals surface area (Å²) in [6, 6.07) is 13.3. The molecule has 7 nitrogen and oxygen atoms in total. The van der Waals surface area contributed by atoms with Crippen LogP contribution in [0.25, 0.3) is 0 Å². The summed E-state index contributed by atoms with van der Waals surface area (Å²) in [5.41, 5.74) is 1.79. The Morgan fingerprint density at radius 2 is 1.89 bits per heavy atom. The summed E-state index contributed by atoms with van der Waals surface area (Å²) in [6.45, 7) is 1.92. The minimum absolute atomic E-state index is 0.0734. The highest BCUT2D eigenvalue weighted by Gasteiger charge is 2.18. The molecule has 9 heteroatoms. The first-order valence-electron chi connectivity index (χ1n) is 7.88. The molecule has 2 N–H and O–H groups in total. The van der Waals surface area contributed by atoms with Gasteiger partial charge in [0.15, 0.2) is 5.13 Å². The number of rotatable bonds is 6. The lowest BCUT2D eigenvalue weighted by atomic mass is 10.2. The molecule has 0 fully saturated rings. The standard InChI is InChI=1S/C18H17N3O4S2/c1-12-4-3-5-13(10-12)19-17(22)16-11-26-18(20-16)21-27(23,24)15-8-6-14(25-2)7-9-15/h3-11H,1-2H3,(H,19,22)(H,20,21). The minimum Gasteiger partial charge on any atom is -0.497 e. The summed E-state index contributed by atoms with van der Waals surface area (Å²) in [5, 5.41) is 4.34. The highest BCUT2D eigenvalue weighted by Crippen LogP contribution is 2.22. The van der Waals surface area contributed by atoms with Crippen molar-refractivity contribution in [2.75, 3.05) is 17.1 Å². The van der Waals surface area contributed by atoms with Crippen molar-refractivity contribution in [3.63, 3.8) is 0 Å². The molecule has 0 saturated heterocycles. The van der Waals surface area contributed by atoms with E-state index in [-0.39, 0.29) is 15.7 Å². The number of hydrogen-bond donors (Lipinski definition) is 2. The fourth-order valence-electron chi connectivity index (χ4n) is 2.27. The van der Waals surface area contributed by atoms with E-state index in [1.807, 2.05) is 25.1 Å². The zero-order chi connectivity index (χ0) is 19.4. The van der Waals surface area contributed by atoms with E-state index < -0.39 is 15.9 Å². The van der Waals surface area contributed by atoms with Crippen molar-refractivity contribution < 1.29 is 17.9 Å². The molecule has 0 bridgehead atoms. The minimum atomic E-state index is -3.80. The van der Waals surface area contributed by atoms with E-state index in [1.54, 1.807) is 18.2 Å². The van der Waals surface area contributed by atoms with Gasteiger partial charge < -0.3 is 10.1 Å². The maximum Gasteiger partial charge on any atom is 0.275 e. The Balaban J connectivity index is 1.72. The van der Waals surface area contributed by atoms with Crippen LogP contribution in [0.2, 0.25) is 0 Å². The highest BCUT2D eigenvalue weighted by molar-refractivity contribution is 7.93. The number of thiazole rings is 1. The summed E-state index contributed by atoms with van der Waals surface area (Å²) in [7, 11) is -2.30. The monoisotopic (exact) mass is 403 g/mol. The predicted octanol–water partition coefficient (Wildman–Crippen LogP) is 3.51. The molecular formula is C18H17N3O4S2. The SMILES string of the molecule is COc1ccc(S(=O)(=O)Nc2nc(C(=O)Nc3cccc(C)c3)cs2)cc1. The van der Waals surface area contributed by atoms with E-state index in [0.717, 1.165) is 16.9 Å². The number of benzene rings is 2.